The van der Waals surface area contributed by atoms with Gasteiger partial charge in [-0.3, -0.25) is 13.9 Å². The molecule has 0 saturated carbocycles. The van der Waals surface area contributed by atoms with Crippen LogP contribution < -0.4 is 9.62 Å². The highest BCUT2D eigenvalue weighted by atomic mass is 35.5. The molecular formula is C24H28Cl2F3N3O4S. The summed E-state index contributed by atoms with van der Waals surface area (Å²) in [5.41, 5.74) is -1.66. The number of hydrogen-bond acceptors (Lipinski definition) is 4. The van der Waals surface area contributed by atoms with Crippen molar-refractivity contribution in [1.82, 2.24) is 10.2 Å². The number of hydrogen-bond donors (Lipinski definition) is 1. The normalized spacial score (nSPS) is 13.1. The van der Waals surface area contributed by atoms with E-state index in [1.54, 1.807) is 45.0 Å². The molecule has 0 aliphatic heterocycles. The molecule has 0 heterocycles. The minimum Gasteiger partial charge on any atom is -0.350 e. The van der Waals surface area contributed by atoms with Gasteiger partial charge in [0.25, 0.3) is 0 Å². The number of amides is 2. The summed E-state index contributed by atoms with van der Waals surface area (Å²) in [5, 5.41) is 2.60. The van der Waals surface area contributed by atoms with E-state index in [0.717, 1.165) is 23.3 Å². The maximum absolute atomic E-state index is 13.5. The minimum atomic E-state index is -4.85. The number of alkyl halides is 3. The number of carbonyl (C=O) groups is 2. The lowest BCUT2D eigenvalue weighted by Crippen LogP contribution is -2.54. The monoisotopic (exact) mass is 581 g/mol. The Morgan fingerprint density at radius 3 is 2.08 bits per heavy atom. The quantitative estimate of drug-likeness (QED) is 0.469. The number of carbonyl (C=O) groups excluding carboxylic acids is 2. The van der Waals surface area contributed by atoms with Crippen LogP contribution in [0, 0.1) is 0 Å². The Morgan fingerprint density at radius 1 is 1.03 bits per heavy atom. The topological polar surface area (TPSA) is 86.8 Å². The standard InChI is InChI=1S/C24H28Cl2F3N3O4S/c1-15(22(34)30-23(2,3)4)31(13-16-6-8-17(25)9-7-16)21(33)14-32(37(5,35)36)18-10-11-20(26)19(12-18)24(27,28)29/h6-12,15H,13-14H2,1-5H3,(H,30,34)/t15-/m1/s1. The first kappa shape index (κ1) is 30.7. The second-order valence-corrected chi connectivity index (χ2v) is 12.2. The molecule has 7 nitrogen and oxygen atoms in total. The van der Waals surface area contributed by atoms with Crippen molar-refractivity contribution < 1.29 is 31.2 Å². The summed E-state index contributed by atoms with van der Waals surface area (Å²) >= 11 is 11.6. The molecule has 0 radical (unpaired) electrons. The van der Waals surface area contributed by atoms with Crippen LogP contribution in [0.4, 0.5) is 18.9 Å². The molecule has 37 heavy (non-hydrogen) atoms. The Kier molecular flexibility index (Phi) is 9.54. The number of sulfonamides is 1. The van der Waals surface area contributed by atoms with Crippen LogP contribution >= 0.6 is 23.2 Å². The number of nitrogens with one attached hydrogen (secondary N) is 1. The van der Waals surface area contributed by atoms with Crippen molar-refractivity contribution >= 4 is 50.7 Å². The Balaban J connectivity index is 2.49. The molecule has 0 saturated heterocycles. The summed E-state index contributed by atoms with van der Waals surface area (Å²) in [6.45, 7) is 5.82. The van der Waals surface area contributed by atoms with Crippen LogP contribution in [0.25, 0.3) is 0 Å². The molecule has 1 atom stereocenters. The molecule has 1 N–H and O–H groups in total. The van der Waals surface area contributed by atoms with E-state index in [9.17, 15) is 31.2 Å². The van der Waals surface area contributed by atoms with E-state index in [1.165, 1.54) is 6.92 Å². The number of anilines is 1. The predicted octanol–water partition coefficient (Wildman–Crippen LogP) is 5.11. The molecule has 2 aromatic rings. The van der Waals surface area contributed by atoms with Crippen molar-refractivity contribution in [3.63, 3.8) is 0 Å². The van der Waals surface area contributed by atoms with Gasteiger partial charge in [-0.05, 0) is 63.6 Å². The van der Waals surface area contributed by atoms with E-state index >= 15 is 0 Å². The number of benzene rings is 2. The van der Waals surface area contributed by atoms with Gasteiger partial charge in [0.2, 0.25) is 21.8 Å². The van der Waals surface area contributed by atoms with E-state index < -0.39 is 62.4 Å². The summed E-state index contributed by atoms with van der Waals surface area (Å²) in [4.78, 5) is 27.5. The maximum Gasteiger partial charge on any atom is 0.417 e. The van der Waals surface area contributed by atoms with Crippen LogP contribution in [0.1, 0.15) is 38.8 Å². The van der Waals surface area contributed by atoms with Crippen LogP contribution in [0.15, 0.2) is 42.5 Å². The summed E-state index contributed by atoms with van der Waals surface area (Å²) in [6, 6.07) is 7.97. The fourth-order valence-corrected chi connectivity index (χ4v) is 4.53. The van der Waals surface area contributed by atoms with Gasteiger partial charge in [-0.1, -0.05) is 35.3 Å². The zero-order chi connectivity index (χ0) is 28.3. The van der Waals surface area contributed by atoms with Crippen LogP contribution in [-0.4, -0.2) is 49.5 Å². The number of nitrogens with zero attached hydrogens (tertiary/aromatic N) is 2. The lowest BCUT2D eigenvalue weighted by atomic mass is 10.1. The maximum atomic E-state index is 13.5. The molecule has 0 fully saturated rings. The van der Waals surface area contributed by atoms with Crippen molar-refractivity contribution in [2.75, 3.05) is 17.1 Å². The Labute approximate surface area is 224 Å². The molecule has 0 aliphatic rings. The number of halogens is 5. The zero-order valence-electron chi connectivity index (χ0n) is 20.9. The van der Waals surface area contributed by atoms with Crippen molar-refractivity contribution in [3.05, 3.63) is 63.6 Å². The molecule has 2 rings (SSSR count). The SMILES string of the molecule is C[C@H](C(=O)NC(C)(C)C)N(Cc1ccc(Cl)cc1)C(=O)CN(c1ccc(Cl)c(C(F)(F)F)c1)S(C)(=O)=O. The third kappa shape index (κ3) is 8.79. The third-order valence-corrected chi connectivity index (χ3v) is 6.88. The average molecular weight is 582 g/mol. The smallest absolute Gasteiger partial charge is 0.350 e. The summed E-state index contributed by atoms with van der Waals surface area (Å²) in [6.07, 6.45) is -4.08. The Morgan fingerprint density at radius 2 is 1.59 bits per heavy atom. The molecule has 0 spiro atoms. The molecule has 2 aromatic carbocycles. The van der Waals surface area contributed by atoms with Gasteiger partial charge >= 0.3 is 6.18 Å². The van der Waals surface area contributed by atoms with Crippen molar-refractivity contribution in [1.29, 1.82) is 0 Å². The Bertz CT molecular complexity index is 1250. The first-order valence-corrected chi connectivity index (χ1v) is 13.6. The van der Waals surface area contributed by atoms with Gasteiger partial charge in [0.1, 0.15) is 12.6 Å². The molecule has 0 unspecified atom stereocenters. The van der Waals surface area contributed by atoms with Crippen LogP contribution in [0.2, 0.25) is 10.0 Å². The summed E-state index contributed by atoms with van der Waals surface area (Å²) in [7, 11) is -4.22. The van der Waals surface area contributed by atoms with Gasteiger partial charge in [-0.25, -0.2) is 8.42 Å². The summed E-state index contributed by atoms with van der Waals surface area (Å²) in [5.74, 6) is -1.30. The highest BCUT2D eigenvalue weighted by molar-refractivity contribution is 7.92. The fraction of sp³-hybridized carbons (Fsp3) is 0.417. The molecule has 2 amide bonds. The van der Waals surface area contributed by atoms with Crippen molar-refractivity contribution in [3.8, 4) is 0 Å². The van der Waals surface area contributed by atoms with Gasteiger partial charge in [0.05, 0.1) is 22.5 Å². The lowest BCUT2D eigenvalue weighted by Gasteiger charge is -2.33. The fourth-order valence-electron chi connectivity index (χ4n) is 3.34. The minimum absolute atomic E-state index is 0.0826. The van der Waals surface area contributed by atoms with E-state index in [2.05, 4.69) is 5.32 Å². The van der Waals surface area contributed by atoms with Crippen LogP contribution in [0.5, 0.6) is 0 Å². The second kappa shape index (κ2) is 11.5. The largest absolute Gasteiger partial charge is 0.417 e. The van der Waals surface area contributed by atoms with Gasteiger partial charge in [0.15, 0.2) is 0 Å². The van der Waals surface area contributed by atoms with E-state index in [4.69, 9.17) is 23.2 Å². The highest BCUT2D eigenvalue weighted by Crippen LogP contribution is 2.37. The first-order chi connectivity index (χ1) is 16.8. The van der Waals surface area contributed by atoms with Gasteiger partial charge < -0.3 is 10.2 Å². The summed E-state index contributed by atoms with van der Waals surface area (Å²) < 4.78 is 65.9. The number of rotatable bonds is 8. The lowest BCUT2D eigenvalue weighted by molar-refractivity contribution is -0.140. The molecule has 0 aliphatic carbocycles. The zero-order valence-corrected chi connectivity index (χ0v) is 23.2. The molecule has 0 aromatic heterocycles. The van der Waals surface area contributed by atoms with Gasteiger partial charge in [-0.15, -0.1) is 0 Å². The van der Waals surface area contributed by atoms with Crippen molar-refractivity contribution in [2.45, 2.75) is 52.0 Å². The predicted molar refractivity (Wildman–Crippen MR) is 138 cm³/mol. The van der Waals surface area contributed by atoms with E-state index in [0.29, 0.717) is 21.0 Å². The Hall–Kier alpha value is -2.50. The van der Waals surface area contributed by atoms with Crippen molar-refractivity contribution in [2.24, 2.45) is 0 Å². The average Bonchev–Trinajstić information content (AvgIpc) is 2.74. The van der Waals surface area contributed by atoms with Gasteiger partial charge in [-0.2, -0.15) is 13.2 Å². The first-order valence-electron chi connectivity index (χ1n) is 11.0. The third-order valence-electron chi connectivity index (χ3n) is 5.15. The molecule has 13 heteroatoms. The van der Waals surface area contributed by atoms with E-state index in [-0.39, 0.29) is 6.54 Å². The van der Waals surface area contributed by atoms with Gasteiger partial charge in [0, 0.05) is 17.1 Å². The van der Waals surface area contributed by atoms with Crippen LogP contribution in [-0.2, 0) is 32.3 Å². The molecular weight excluding hydrogens is 554 g/mol. The molecule has 0 bridgehead atoms. The second-order valence-electron chi connectivity index (χ2n) is 9.49. The van der Waals surface area contributed by atoms with Crippen LogP contribution in [0.3, 0.4) is 0 Å². The highest BCUT2D eigenvalue weighted by Gasteiger charge is 2.36. The molecule has 204 valence electrons. The van der Waals surface area contributed by atoms with E-state index in [1.807, 2.05) is 0 Å².